The summed E-state index contributed by atoms with van der Waals surface area (Å²) in [5.74, 6) is 0.386. The van der Waals surface area contributed by atoms with Gasteiger partial charge in [-0.1, -0.05) is 29.3 Å². The first-order valence-electron chi connectivity index (χ1n) is 4.45. The van der Waals surface area contributed by atoms with Crippen LogP contribution >= 0.6 is 23.2 Å². The van der Waals surface area contributed by atoms with Crippen molar-refractivity contribution in [3.63, 3.8) is 0 Å². The van der Waals surface area contributed by atoms with E-state index in [1.54, 1.807) is 18.2 Å². The van der Waals surface area contributed by atoms with Crippen LogP contribution in [0.5, 0.6) is 0 Å². The van der Waals surface area contributed by atoms with Crippen molar-refractivity contribution in [1.29, 1.82) is 0 Å². The summed E-state index contributed by atoms with van der Waals surface area (Å²) in [7, 11) is 0. The lowest BCUT2D eigenvalue weighted by Gasteiger charge is -2.04. The number of carbonyl (C=O) groups is 1. The van der Waals surface area contributed by atoms with E-state index in [-0.39, 0.29) is 0 Å². The summed E-state index contributed by atoms with van der Waals surface area (Å²) in [6.07, 6.45) is 2.16. The van der Waals surface area contributed by atoms with E-state index in [0.29, 0.717) is 33.4 Å². The molecule has 0 aliphatic rings. The number of hydrogen-bond donors (Lipinski definition) is 0. The Hall–Kier alpha value is -1.45. The van der Waals surface area contributed by atoms with Gasteiger partial charge in [0.25, 0.3) is 0 Å². The molecule has 0 radical (unpaired) electrons. The third-order valence-electron chi connectivity index (χ3n) is 1.99. The summed E-state index contributed by atoms with van der Waals surface area (Å²) >= 11 is 11.9. The van der Waals surface area contributed by atoms with Gasteiger partial charge in [-0.15, -0.1) is 0 Å². The highest BCUT2D eigenvalue weighted by atomic mass is 35.5. The molecular weight excluding hydrogens is 247 g/mol. The van der Waals surface area contributed by atoms with Gasteiger partial charge in [0.2, 0.25) is 0 Å². The van der Waals surface area contributed by atoms with Crippen LogP contribution in [0, 0.1) is 0 Å². The number of benzene rings is 1. The van der Waals surface area contributed by atoms with Crippen molar-refractivity contribution in [2.75, 3.05) is 0 Å². The minimum atomic E-state index is 0.307. The second kappa shape index (κ2) is 4.60. The van der Waals surface area contributed by atoms with E-state index in [9.17, 15) is 4.79 Å². The summed E-state index contributed by atoms with van der Waals surface area (Å²) < 4.78 is 0. The number of nitrogens with zero attached hydrogens (tertiary/aromatic N) is 2. The first-order chi connectivity index (χ1) is 7.72. The third kappa shape index (κ3) is 2.05. The monoisotopic (exact) mass is 252 g/mol. The molecular formula is C11H6Cl2N2O. The number of halogens is 2. The predicted octanol–water partition coefficient (Wildman–Crippen LogP) is 3.26. The van der Waals surface area contributed by atoms with Gasteiger partial charge in [0, 0.05) is 11.8 Å². The summed E-state index contributed by atoms with van der Waals surface area (Å²) in [5, 5.41) is 0.812. The number of carbonyl (C=O) groups excluding carboxylic acids is 1. The van der Waals surface area contributed by atoms with Crippen molar-refractivity contribution in [1.82, 2.24) is 9.97 Å². The maximum Gasteiger partial charge on any atom is 0.168 e. The average Bonchev–Trinajstić information content (AvgIpc) is 2.33. The molecule has 0 aliphatic heterocycles. The van der Waals surface area contributed by atoms with E-state index in [1.807, 2.05) is 0 Å². The standard InChI is InChI=1S/C11H6Cl2N2O/c12-9-3-1-2-8(10(9)13)11-14-5-4-7(6-16)15-11/h1-6H. The first kappa shape index (κ1) is 11.0. The zero-order valence-electron chi connectivity index (χ0n) is 8.02. The molecule has 0 saturated carbocycles. The third-order valence-corrected chi connectivity index (χ3v) is 2.81. The van der Waals surface area contributed by atoms with Crippen LogP contribution in [0.25, 0.3) is 11.4 Å². The number of rotatable bonds is 2. The maximum atomic E-state index is 10.6. The lowest BCUT2D eigenvalue weighted by molar-refractivity contribution is 0.111. The summed E-state index contributed by atoms with van der Waals surface area (Å²) in [6, 6.07) is 6.70. The molecule has 2 aromatic rings. The minimum Gasteiger partial charge on any atom is -0.296 e. The van der Waals surface area contributed by atoms with Crippen LogP contribution in [0.4, 0.5) is 0 Å². The molecule has 1 aromatic heterocycles. The maximum absolute atomic E-state index is 10.6. The van der Waals surface area contributed by atoms with E-state index in [0.717, 1.165) is 0 Å². The number of aromatic nitrogens is 2. The summed E-state index contributed by atoms with van der Waals surface area (Å²) in [6.45, 7) is 0. The van der Waals surface area contributed by atoms with E-state index in [4.69, 9.17) is 23.2 Å². The molecule has 1 aromatic carbocycles. The highest BCUT2D eigenvalue weighted by molar-refractivity contribution is 6.43. The Bertz CT molecular complexity index is 543. The van der Waals surface area contributed by atoms with Crippen molar-refractivity contribution < 1.29 is 4.79 Å². The smallest absolute Gasteiger partial charge is 0.168 e. The van der Waals surface area contributed by atoms with Crippen LogP contribution in [0.15, 0.2) is 30.5 Å². The molecule has 0 amide bonds. The Labute approximate surface area is 102 Å². The molecule has 0 saturated heterocycles. The van der Waals surface area contributed by atoms with Gasteiger partial charge in [0.15, 0.2) is 12.1 Å². The van der Waals surface area contributed by atoms with Gasteiger partial charge >= 0.3 is 0 Å². The van der Waals surface area contributed by atoms with Gasteiger partial charge in [-0.2, -0.15) is 0 Å². The average molecular weight is 253 g/mol. The number of aldehydes is 1. The molecule has 0 spiro atoms. The van der Waals surface area contributed by atoms with Gasteiger partial charge in [-0.25, -0.2) is 9.97 Å². The molecule has 0 atom stereocenters. The second-order valence-electron chi connectivity index (χ2n) is 3.02. The predicted molar refractivity (Wildman–Crippen MR) is 62.9 cm³/mol. The van der Waals surface area contributed by atoms with Crippen LogP contribution < -0.4 is 0 Å². The highest BCUT2D eigenvalue weighted by Gasteiger charge is 2.09. The molecule has 80 valence electrons. The van der Waals surface area contributed by atoms with Gasteiger partial charge in [0.05, 0.1) is 10.0 Å². The topological polar surface area (TPSA) is 42.9 Å². The van der Waals surface area contributed by atoms with Crippen LogP contribution in [0.3, 0.4) is 0 Å². The highest BCUT2D eigenvalue weighted by Crippen LogP contribution is 2.31. The van der Waals surface area contributed by atoms with Crippen molar-refractivity contribution in [2.45, 2.75) is 0 Å². The molecule has 0 fully saturated rings. The minimum absolute atomic E-state index is 0.307. The molecule has 0 aliphatic carbocycles. The molecule has 2 rings (SSSR count). The van der Waals surface area contributed by atoms with Crippen molar-refractivity contribution >= 4 is 29.5 Å². The molecule has 0 bridgehead atoms. The van der Waals surface area contributed by atoms with Crippen LogP contribution in [-0.4, -0.2) is 16.3 Å². The molecule has 0 N–H and O–H groups in total. The zero-order chi connectivity index (χ0) is 11.5. The summed E-state index contributed by atoms with van der Waals surface area (Å²) in [4.78, 5) is 18.7. The van der Waals surface area contributed by atoms with Crippen LogP contribution in [0.1, 0.15) is 10.5 Å². The fourth-order valence-electron chi connectivity index (χ4n) is 1.24. The van der Waals surface area contributed by atoms with Gasteiger partial charge in [-0.3, -0.25) is 4.79 Å². The number of hydrogen-bond acceptors (Lipinski definition) is 3. The van der Waals surface area contributed by atoms with Crippen LogP contribution in [-0.2, 0) is 0 Å². The Morgan fingerprint density at radius 3 is 2.75 bits per heavy atom. The largest absolute Gasteiger partial charge is 0.296 e. The van der Waals surface area contributed by atoms with E-state index in [2.05, 4.69) is 9.97 Å². The zero-order valence-corrected chi connectivity index (χ0v) is 9.53. The van der Waals surface area contributed by atoms with E-state index >= 15 is 0 Å². The Balaban J connectivity index is 2.58. The fraction of sp³-hybridized carbons (Fsp3) is 0. The Morgan fingerprint density at radius 1 is 1.19 bits per heavy atom. The second-order valence-corrected chi connectivity index (χ2v) is 3.81. The molecule has 5 heteroatoms. The molecule has 1 heterocycles. The Kier molecular flexibility index (Phi) is 3.17. The molecule has 16 heavy (non-hydrogen) atoms. The van der Waals surface area contributed by atoms with Crippen LogP contribution in [0.2, 0.25) is 10.0 Å². The van der Waals surface area contributed by atoms with E-state index in [1.165, 1.54) is 12.3 Å². The quantitative estimate of drug-likeness (QED) is 0.771. The molecule has 3 nitrogen and oxygen atoms in total. The lowest BCUT2D eigenvalue weighted by atomic mass is 10.2. The Morgan fingerprint density at radius 2 is 2.00 bits per heavy atom. The van der Waals surface area contributed by atoms with Gasteiger partial charge < -0.3 is 0 Å². The van der Waals surface area contributed by atoms with Crippen molar-refractivity contribution in [2.24, 2.45) is 0 Å². The lowest BCUT2D eigenvalue weighted by Crippen LogP contribution is -1.94. The van der Waals surface area contributed by atoms with Crippen molar-refractivity contribution in [3.05, 3.63) is 46.2 Å². The summed E-state index contributed by atoms with van der Waals surface area (Å²) in [5.41, 5.74) is 0.916. The SMILES string of the molecule is O=Cc1ccnc(-c2cccc(Cl)c2Cl)n1. The van der Waals surface area contributed by atoms with Crippen molar-refractivity contribution in [3.8, 4) is 11.4 Å². The normalized spacial score (nSPS) is 10.1. The fourth-order valence-corrected chi connectivity index (χ4v) is 1.63. The van der Waals surface area contributed by atoms with Gasteiger partial charge in [-0.05, 0) is 18.2 Å². The van der Waals surface area contributed by atoms with Gasteiger partial charge in [0.1, 0.15) is 5.69 Å². The molecule has 0 unspecified atom stereocenters. The first-order valence-corrected chi connectivity index (χ1v) is 5.20. The van der Waals surface area contributed by atoms with E-state index < -0.39 is 0 Å².